The van der Waals surface area contributed by atoms with Crippen molar-refractivity contribution in [2.45, 2.75) is 65.7 Å². The zero-order valence-electron chi connectivity index (χ0n) is 17.5. The maximum absolute atomic E-state index is 12.5. The summed E-state index contributed by atoms with van der Waals surface area (Å²) in [6, 6.07) is 0. The molecule has 0 heterocycles. The molecule has 1 amide bonds. The topological polar surface area (TPSA) is 67.8 Å². The summed E-state index contributed by atoms with van der Waals surface area (Å²) in [5, 5.41) is 7.09. The highest BCUT2D eigenvalue weighted by Crippen LogP contribution is 2.63. The Balaban J connectivity index is 1.43. The number of hydrogen-bond donors (Lipinski definition) is 1. The Hall–Kier alpha value is -1.65. The predicted molar refractivity (Wildman–Crippen MR) is 109 cm³/mol. The second-order valence-corrected chi connectivity index (χ2v) is 9.88. The van der Waals surface area contributed by atoms with Gasteiger partial charge in [-0.3, -0.25) is 9.59 Å². The number of allylic oxidation sites excluding steroid dienone is 2. The summed E-state index contributed by atoms with van der Waals surface area (Å²) in [6.07, 6.45) is 12.1. The van der Waals surface area contributed by atoms with Gasteiger partial charge in [-0.1, -0.05) is 31.2 Å². The van der Waals surface area contributed by atoms with Crippen LogP contribution < -0.4 is 5.32 Å². The second kappa shape index (κ2) is 7.31. The van der Waals surface area contributed by atoms with Crippen molar-refractivity contribution in [2.75, 3.05) is 13.2 Å². The Kier molecular flexibility index (Phi) is 5.13. The van der Waals surface area contributed by atoms with Crippen molar-refractivity contribution in [3.63, 3.8) is 0 Å². The van der Waals surface area contributed by atoms with Gasteiger partial charge in [-0.05, 0) is 67.6 Å². The van der Waals surface area contributed by atoms with Gasteiger partial charge >= 0.3 is 0 Å². The van der Waals surface area contributed by atoms with E-state index in [9.17, 15) is 9.59 Å². The van der Waals surface area contributed by atoms with Crippen molar-refractivity contribution in [2.24, 2.45) is 39.7 Å². The van der Waals surface area contributed by atoms with Crippen LogP contribution in [0.25, 0.3) is 0 Å². The van der Waals surface area contributed by atoms with Crippen LogP contribution in [0.3, 0.4) is 0 Å². The third-order valence-corrected chi connectivity index (χ3v) is 8.47. The molecule has 154 valence electrons. The number of oxime groups is 1. The SMILES string of the molecule is CC(=O)NCCO/N=C1/CC[C@@]2(C)C(C=CC3C2CC[C@]2(C)C(=O)CCC32)C1. The largest absolute Gasteiger partial charge is 0.394 e. The molecule has 0 aromatic rings. The summed E-state index contributed by atoms with van der Waals surface area (Å²) < 4.78 is 0. The van der Waals surface area contributed by atoms with E-state index in [-0.39, 0.29) is 11.3 Å². The van der Waals surface area contributed by atoms with Gasteiger partial charge in [0.05, 0.1) is 12.3 Å². The van der Waals surface area contributed by atoms with Gasteiger partial charge in [0, 0.05) is 18.8 Å². The highest BCUT2D eigenvalue weighted by molar-refractivity contribution is 5.87. The lowest BCUT2D eigenvalue weighted by atomic mass is 9.47. The summed E-state index contributed by atoms with van der Waals surface area (Å²) in [7, 11) is 0. The van der Waals surface area contributed by atoms with Crippen molar-refractivity contribution in [3.05, 3.63) is 12.2 Å². The summed E-state index contributed by atoms with van der Waals surface area (Å²) >= 11 is 0. The molecule has 4 rings (SSSR count). The Morgan fingerprint density at radius 2 is 2.04 bits per heavy atom. The maximum atomic E-state index is 12.5. The number of nitrogens with one attached hydrogen (secondary N) is 1. The molecule has 5 heteroatoms. The van der Waals surface area contributed by atoms with E-state index in [0.717, 1.165) is 44.2 Å². The molecule has 0 radical (unpaired) electrons. The van der Waals surface area contributed by atoms with E-state index < -0.39 is 0 Å². The number of carbonyl (C=O) groups is 2. The monoisotopic (exact) mass is 386 g/mol. The first-order valence-corrected chi connectivity index (χ1v) is 11.0. The third kappa shape index (κ3) is 3.21. The highest BCUT2D eigenvalue weighted by atomic mass is 16.6. The molecule has 4 unspecified atom stereocenters. The van der Waals surface area contributed by atoms with Gasteiger partial charge in [0.1, 0.15) is 12.4 Å². The summed E-state index contributed by atoms with van der Waals surface area (Å²) in [6.45, 7) is 7.13. The van der Waals surface area contributed by atoms with Gasteiger partial charge in [0.25, 0.3) is 0 Å². The van der Waals surface area contributed by atoms with E-state index in [2.05, 4.69) is 36.5 Å². The Labute approximate surface area is 168 Å². The van der Waals surface area contributed by atoms with Crippen LogP contribution in [0.5, 0.6) is 0 Å². The fourth-order valence-corrected chi connectivity index (χ4v) is 6.70. The maximum Gasteiger partial charge on any atom is 0.216 e. The Bertz CT molecular complexity index is 715. The molecule has 1 N–H and O–H groups in total. The number of nitrogens with zero attached hydrogens (tertiary/aromatic N) is 1. The van der Waals surface area contributed by atoms with Crippen molar-refractivity contribution >= 4 is 17.4 Å². The normalized spacial score (nSPS) is 43.2. The van der Waals surface area contributed by atoms with Gasteiger partial charge in [0.15, 0.2) is 0 Å². The number of fused-ring (bicyclic) bond motifs is 5. The lowest BCUT2D eigenvalue weighted by molar-refractivity contribution is -0.131. The Morgan fingerprint density at radius 1 is 1.21 bits per heavy atom. The van der Waals surface area contributed by atoms with E-state index in [1.807, 2.05) is 0 Å². The van der Waals surface area contributed by atoms with Crippen LogP contribution >= 0.6 is 0 Å². The third-order valence-electron chi connectivity index (χ3n) is 8.47. The van der Waals surface area contributed by atoms with E-state index in [1.165, 1.54) is 13.3 Å². The standard InChI is InChI=1S/C23H34N2O3/c1-15(26)24-12-13-28-25-17-8-10-22(2)16(14-17)4-5-18-19-6-7-21(27)23(19,3)11-9-20(18)22/h4-5,16,18-20H,6-14H2,1-3H3,(H,24,26)/b25-17-/t16?,18?,19?,20?,22-,23-/m0/s1. The molecule has 4 aliphatic carbocycles. The zero-order chi connectivity index (χ0) is 19.9. The summed E-state index contributed by atoms with van der Waals surface area (Å²) in [5.41, 5.74) is 1.38. The van der Waals surface area contributed by atoms with Crippen LogP contribution in [0.2, 0.25) is 0 Å². The molecule has 4 aliphatic rings. The second-order valence-electron chi connectivity index (χ2n) is 9.88. The fourth-order valence-electron chi connectivity index (χ4n) is 6.70. The lowest BCUT2D eigenvalue weighted by Crippen LogP contribution is -2.51. The van der Waals surface area contributed by atoms with Crippen LogP contribution in [0.4, 0.5) is 0 Å². The predicted octanol–water partition coefficient (Wildman–Crippen LogP) is 3.88. The molecular weight excluding hydrogens is 352 g/mol. The van der Waals surface area contributed by atoms with E-state index in [1.54, 1.807) is 0 Å². The fraction of sp³-hybridized carbons (Fsp3) is 0.783. The minimum Gasteiger partial charge on any atom is -0.394 e. The summed E-state index contributed by atoms with van der Waals surface area (Å²) in [5.74, 6) is 2.78. The average molecular weight is 387 g/mol. The number of Topliss-reactive ketones (excluding diaryl/α,β-unsaturated/α-hetero) is 1. The van der Waals surface area contributed by atoms with Gasteiger partial charge in [0.2, 0.25) is 5.91 Å². The number of carbonyl (C=O) groups excluding carboxylic acids is 2. The van der Waals surface area contributed by atoms with Crippen LogP contribution in [-0.2, 0) is 14.4 Å². The molecule has 0 saturated heterocycles. The first-order chi connectivity index (χ1) is 13.3. The van der Waals surface area contributed by atoms with Gasteiger partial charge in [-0.15, -0.1) is 0 Å². The van der Waals surface area contributed by atoms with Gasteiger partial charge < -0.3 is 10.2 Å². The van der Waals surface area contributed by atoms with Gasteiger partial charge in [-0.2, -0.15) is 0 Å². The molecular formula is C23H34N2O3. The summed E-state index contributed by atoms with van der Waals surface area (Å²) in [4.78, 5) is 28.8. The van der Waals surface area contributed by atoms with Crippen LogP contribution in [0.15, 0.2) is 17.3 Å². The molecule has 0 aromatic carbocycles. The number of hydrogen-bond acceptors (Lipinski definition) is 4. The van der Waals surface area contributed by atoms with Crippen LogP contribution in [-0.4, -0.2) is 30.6 Å². The van der Waals surface area contributed by atoms with Crippen molar-refractivity contribution in [1.29, 1.82) is 0 Å². The highest BCUT2D eigenvalue weighted by Gasteiger charge is 2.58. The molecule has 5 nitrogen and oxygen atoms in total. The molecule has 3 saturated carbocycles. The molecule has 0 spiro atoms. The van der Waals surface area contributed by atoms with Crippen LogP contribution in [0.1, 0.15) is 65.7 Å². The van der Waals surface area contributed by atoms with Crippen molar-refractivity contribution < 1.29 is 14.4 Å². The number of amides is 1. The number of ketones is 1. The zero-order valence-corrected chi connectivity index (χ0v) is 17.5. The molecule has 6 atom stereocenters. The van der Waals surface area contributed by atoms with E-state index in [0.29, 0.717) is 48.0 Å². The van der Waals surface area contributed by atoms with Gasteiger partial charge in [-0.25, -0.2) is 0 Å². The first-order valence-electron chi connectivity index (χ1n) is 11.0. The number of rotatable bonds is 4. The van der Waals surface area contributed by atoms with Crippen molar-refractivity contribution in [3.8, 4) is 0 Å². The molecule has 0 aromatic heterocycles. The quantitative estimate of drug-likeness (QED) is 0.453. The lowest BCUT2D eigenvalue weighted by Gasteiger charge is -2.57. The minimum atomic E-state index is -0.0717. The molecule has 3 fully saturated rings. The Morgan fingerprint density at radius 3 is 2.82 bits per heavy atom. The molecule has 0 aliphatic heterocycles. The van der Waals surface area contributed by atoms with Crippen LogP contribution in [0, 0.1) is 34.5 Å². The van der Waals surface area contributed by atoms with E-state index in [4.69, 9.17) is 4.84 Å². The minimum absolute atomic E-state index is 0.0425. The average Bonchev–Trinajstić information content (AvgIpc) is 2.96. The molecule has 28 heavy (non-hydrogen) atoms. The smallest absolute Gasteiger partial charge is 0.216 e. The molecule has 0 bridgehead atoms. The van der Waals surface area contributed by atoms with E-state index >= 15 is 0 Å². The first kappa shape index (κ1) is 19.7. The van der Waals surface area contributed by atoms with Crippen molar-refractivity contribution in [1.82, 2.24) is 5.32 Å².